The highest BCUT2D eigenvalue weighted by Gasteiger charge is 2.34. The Hall–Kier alpha value is -3.35. The molecule has 2 saturated heterocycles. The van der Waals surface area contributed by atoms with E-state index in [-0.39, 0.29) is 5.91 Å². The predicted molar refractivity (Wildman–Crippen MR) is 136 cm³/mol. The second kappa shape index (κ2) is 9.02. The van der Waals surface area contributed by atoms with Gasteiger partial charge in [0.2, 0.25) is 11.8 Å². The molecular weight excluding hydrogens is 438 g/mol. The van der Waals surface area contributed by atoms with Crippen LogP contribution < -0.4 is 4.90 Å². The lowest BCUT2D eigenvalue weighted by Gasteiger charge is -2.36. The van der Waals surface area contributed by atoms with E-state index in [0.717, 1.165) is 76.0 Å². The molecule has 3 aliphatic rings. The first-order valence-electron chi connectivity index (χ1n) is 12.9. The molecule has 2 aromatic heterocycles. The standard InChI is InChI=1S/C28H33N5O2/c1-20(34)30-12-9-23(10-13-30)21-2-4-22(5-3-21)25-18-27-26(8-11-29-33(27)19-25)31-14-16-32(17-15-31)28(35)24-6-7-24/h2-5,8,11,18-19,23-24H,6-7,9-10,12-17H2,1H3. The van der Waals surface area contributed by atoms with Crippen LogP contribution in [0.5, 0.6) is 0 Å². The molecule has 3 fully saturated rings. The number of piperazine rings is 1. The van der Waals surface area contributed by atoms with Crippen molar-refractivity contribution >= 4 is 23.0 Å². The average molecular weight is 472 g/mol. The minimum Gasteiger partial charge on any atom is -0.366 e. The van der Waals surface area contributed by atoms with Gasteiger partial charge in [0.05, 0.1) is 11.2 Å². The lowest BCUT2D eigenvalue weighted by atomic mass is 9.88. The van der Waals surface area contributed by atoms with Gasteiger partial charge in [-0.15, -0.1) is 0 Å². The summed E-state index contributed by atoms with van der Waals surface area (Å²) in [5, 5.41) is 4.56. The summed E-state index contributed by atoms with van der Waals surface area (Å²) in [6.07, 6.45) is 8.16. The number of aromatic nitrogens is 2. The van der Waals surface area contributed by atoms with Crippen molar-refractivity contribution in [2.75, 3.05) is 44.2 Å². The minimum atomic E-state index is 0.182. The van der Waals surface area contributed by atoms with E-state index in [9.17, 15) is 9.59 Å². The lowest BCUT2D eigenvalue weighted by Crippen LogP contribution is -2.49. The van der Waals surface area contributed by atoms with Gasteiger partial charge in [-0.3, -0.25) is 9.59 Å². The Balaban J connectivity index is 1.17. The van der Waals surface area contributed by atoms with Crippen LogP contribution in [-0.4, -0.2) is 70.5 Å². The molecule has 1 aliphatic carbocycles. The number of hydrogen-bond acceptors (Lipinski definition) is 4. The fourth-order valence-corrected chi connectivity index (χ4v) is 5.66. The van der Waals surface area contributed by atoms with E-state index in [1.54, 1.807) is 6.92 Å². The van der Waals surface area contributed by atoms with E-state index < -0.39 is 0 Å². The topological polar surface area (TPSA) is 61.2 Å². The minimum absolute atomic E-state index is 0.182. The van der Waals surface area contributed by atoms with Gasteiger partial charge in [-0.2, -0.15) is 5.10 Å². The van der Waals surface area contributed by atoms with E-state index in [1.807, 2.05) is 20.5 Å². The Morgan fingerprint density at radius 1 is 0.829 bits per heavy atom. The van der Waals surface area contributed by atoms with Crippen molar-refractivity contribution in [2.45, 2.75) is 38.5 Å². The molecule has 0 radical (unpaired) electrons. The van der Waals surface area contributed by atoms with Crippen molar-refractivity contribution in [1.82, 2.24) is 19.4 Å². The second-order valence-corrected chi connectivity index (χ2v) is 10.3. The van der Waals surface area contributed by atoms with Crippen LogP contribution in [0.25, 0.3) is 16.6 Å². The summed E-state index contributed by atoms with van der Waals surface area (Å²) >= 11 is 0. The molecule has 0 spiro atoms. The third kappa shape index (κ3) is 4.40. The van der Waals surface area contributed by atoms with Gasteiger partial charge in [0.25, 0.3) is 0 Å². The summed E-state index contributed by atoms with van der Waals surface area (Å²) in [6.45, 7) is 6.67. The summed E-state index contributed by atoms with van der Waals surface area (Å²) in [4.78, 5) is 30.4. The maximum absolute atomic E-state index is 12.4. The third-order valence-corrected chi connectivity index (χ3v) is 8.00. The van der Waals surface area contributed by atoms with Gasteiger partial charge in [-0.25, -0.2) is 4.52 Å². The fourth-order valence-electron chi connectivity index (χ4n) is 5.66. The van der Waals surface area contributed by atoms with E-state index in [4.69, 9.17) is 0 Å². The second-order valence-electron chi connectivity index (χ2n) is 10.3. The van der Waals surface area contributed by atoms with Crippen molar-refractivity contribution in [2.24, 2.45) is 5.92 Å². The van der Waals surface area contributed by atoms with Gasteiger partial charge in [0.15, 0.2) is 0 Å². The average Bonchev–Trinajstić information content (AvgIpc) is 3.66. The Bertz CT molecular complexity index is 1230. The predicted octanol–water partition coefficient (Wildman–Crippen LogP) is 3.79. The van der Waals surface area contributed by atoms with E-state index in [0.29, 0.717) is 17.7 Å². The zero-order chi connectivity index (χ0) is 23.9. The number of carbonyl (C=O) groups excluding carboxylic acids is 2. The molecule has 0 bridgehead atoms. The summed E-state index contributed by atoms with van der Waals surface area (Å²) in [5.41, 5.74) is 5.98. The number of rotatable bonds is 4. The molecule has 7 nitrogen and oxygen atoms in total. The van der Waals surface area contributed by atoms with Crippen molar-refractivity contribution in [3.05, 3.63) is 54.4 Å². The first-order valence-corrected chi connectivity index (χ1v) is 12.9. The van der Waals surface area contributed by atoms with Crippen molar-refractivity contribution < 1.29 is 9.59 Å². The van der Waals surface area contributed by atoms with Crippen LogP contribution in [0.4, 0.5) is 5.69 Å². The van der Waals surface area contributed by atoms with Crippen LogP contribution in [-0.2, 0) is 9.59 Å². The van der Waals surface area contributed by atoms with Crippen LogP contribution in [0.3, 0.4) is 0 Å². The quantitative estimate of drug-likeness (QED) is 0.581. The highest BCUT2D eigenvalue weighted by atomic mass is 16.2. The van der Waals surface area contributed by atoms with Crippen molar-refractivity contribution in [1.29, 1.82) is 0 Å². The molecule has 1 aromatic carbocycles. The van der Waals surface area contributed by atoms with Crippen LogP contribution in [0.15, 0.2) is 48.8 Å². The number of benzene rings is 1. The number of nitrogens with zero attached hydrogens (tertiary/aromatic N) is 5. The molecule has 3 aromatic rings. The van der Waals surface area contributed by atoms with E-state index in [2.05, 4.69) is 52.6 Å². The molecule has 7 heteroatoms. The van der Waals surface area contributed by atoms with Crippen LogP contribution in [0, 0.1) is 5.92 Å². The Labute approximate surface area is 206 Å². The van der Waals surface area contributed by atoms with Crippen LogP contribution >= 0.6 is 0 Å². The highest BCUT2D eigenvalue weighted by Crippen LogP contribution is 2.34. The Kier molecular flexibility index (Phi) is 5.71. The van der Waals surface area contributed by atoms with Gasteiger partial charge >= 0.3 is 0 Å². The molecule has 6 rings (SSSR count). The van der Waals surface area contributed by atoms with Gasteiger partial charge in [-0.1, -0.05) is 24.3 Å². The smallest absolute Gasteiger partial charge is 0.225 e. The number of hydrogen-bond donors (Lipinski definition) is 0. The summed E-state index contributed by atoms with van der Waals surface area (Å²) in [7, 11) is 0. The number of amides is 2. The number of piperidine rings is 1. The lowest BCUT2D eigenvalue weighted by molar-refractivity contribution is -0.133. The first-order chi connectivity index (χ1) is 17.1. The van der Waals surface area contributed by atoms with Gasteiger partial charge in [-0.05, 0) is 54.9 Å². The Morgan fingerprint density at radius 3 is 2.20 bits per heavy atom. The molecule has 2 aliphatic heterocycles. The molecule has 4 heterocycles. The number of likely N-dealkylation sites (tertiary alicyclic amines) is 1. The maximum atomic E-state index is 12.4. The molecule has 0 N–H and O–H groups in total. The molecule has 1 saturated carbocycles. The monoisotopic (exact) mass is 471 g/mol. The molecule has 35 heavy (non-hydrogen) atoms. The van der Waals surface area contributed by atoms with E-state index >= 15 is 0 Å². The maximum Gasteiger partial charge on any atom is 0.225 e. The highest BCUT2D eigenvalue weighted by molar-refractivity contribution is 5.82. The number of carbonyl (C=O) groups is 2. The third-order valence-electron chi connectivity index (χ3n) is 8.00. The van der Waals surface area contributed by atoms with Crippen LogP contribution in [0.1, 0.15) is 44.1 Å². The molecule has 0 unspecified atom stereocenters. The fraction of sp³-hybridized carbons (Fsp3) is 0.464. The summed E-state index contributed by atoms with van der Waals surface area (Å²) in [6, 6.07) is 13.2. The molecule has 182 valence electrons. The molecule has 2 amide bonds. The summed E-state index contributed by atoms with van der Waals surface area (Å²) < 4.78 is 1.97. The number of anilines is 1. The largest absolute Gasteiger partial charge is 0.366 e. The van der Waals surface area contributed by atoms with Gasteiger partial charge in [0.1, 0.15) is 0 Å². The normalized spacial score (nSPS) is 19.4. The SMILES string of the molecule is CC(=O)N1CCC(c2ccc(-c3cc4c(N5CCN(C(=O)C6CC6)CC5)ccnn4c3)cc2)CC1. The van der Waals surface area contributed by atoms with Crippen molar-refractivity contribution in [3.8, 4) is 11.1 Å². The van der Waals surface area contributed by atoms with Crippen molar-refractivity contribution in [3.63, 3.8) is 0 Å². The van der Waals surface area contributed by atoms with Gasteiger partial charge in [0, 0.05) is 70.1 Å². The zero-order valence-corrected chi connectivity index (χ0v) is 20.4. The van der Waals surface area contributed by atoms with Crippen LogP contribution in [0.2, 0.25) is 0 Å². The molecular formula is C28H33N5O2. The van der Waals surface area contributed by atoms with Gasteiger partial charge < -0.3 is 14.7 Å². The van der Waals surface area contributed by atoms with E-state index in [1.165, 1.54) is 16.8 Å². The molecule has 0 atom stereocenters. The summed E-state index contributed by atoms with van der Waals surface area (Å²) in [5.74, 6) is 1.34. The number of fused-ring (bicyclic) bond motifs is 1. The Morgan fingerprint density at radius 2 is 1.54 bits per heavy atom. The zero-order valence-electron chi connectivity index (χ0n) is 20.4. The first kappa shape index (κ1) is 22.1.